The monoisotopic (exact) mass is 673 g/mol. The molecule has 0 aromatic rings. The van der Waals surface area contributed by atoms with Crippen LogP contribution in [0.2, 0.25) is 0 Å². The fraction of sp³-hybridized carbons (Fsp3) is 0.891. The van der Waals surface area contributed by atoms with Gasteiger partial charge >= 0.3 is 5.97 Å². The maximum absolute atomic E-state index is 12.0. The first-order valence-electron chi connectivity index (χ1n) is 22.3. The van der Waals surface area contributed by atoms with Crippen LogP contribution in [-0.2, 0) is 9.53 Å². The zero-order valence-corrected chi connectivity index (χ0v) is 33.2. The molecule has 0 fully saturated rings. The van der Waals surface area contributed by atoms with Crippen molar-refractivity contribution in [2.75, 3.05) is 6.61 Å². The quantitative estimate of drug-likeness (QED) is 0.0367. The van der Waals surface area contributed by atoms with Gasteiger partial charge in [-0.1, -0.05) is 212 Å². The van der Waals surface area contributed by atoms with Crippen molar-refractivity contribution < 1.29 is 9.53 Å². The molecular weight excluding hydrogens is 585 g/mol. The average molecular weight is 673 g/mol. The Labute approximate surface area is 303 Å². The van der Waals surface area contributed by atoms with Gasteiger partial charge in [-0.25, -0.2) is 0 Å². The lowest BCUT2D eigenvalue weighted by molar-refractivity contribution is -0.143. The van der Waals surface area contributed by atoms with Crippen molar-refractivity contribution in [3.05, 3.63) is 24.3 Å². The molecule has 0 aromatic carbocycles. The summed E-state index contributed by atoms with van der Waals surface area (Å²) in [6, 6.07) is 0. The van der Waals surface area contributed by atoms with Gasteiger partial charge in [0.25, 0.3) is 0 Å². The number of hydrogen-bond donors (Lipinski definition) is 0. The van der Waals surface area contributed by atoms with Gasteiger partial charge < -0.3 is 4.74 Å². The van der Waals surface area contributed by atoms with Crippen LogP contribution >= 0.6 is 0 Å². The van der Waals surface area contributed by atoms with E-state index in [-0.39, 0.29) is 5.97 Å². The van der Waals surface area contributed by atoms with Crippen LogP contribution in [0.5, 0.6) is 0 Å². The Morgan fingerprint density at radius 2 is 0.583 bits per heavy atom. The topological polar surface area (TPSA) is 26.3 Å². The number of hydrogen-bond acceptors (Lipinski definition) is 2. The van der Waals surface area contributed by atoms with Crippen LogP contribution < -0.4 is 0 Å². The van der Waals surface area contributed by atoms with Gasteiger partial charge in [-0.05, 0) is 64.2 Å². The Kier molecular flexibility index (Phi) is 43.0. The van der Waals surface area contributed by atoms with Crippen LogP contribution in [0.3, 0.4) is 0 Å². The highest BCUT2D eigenvalue weighted by molar-refractivity contribution is 5.69. The number of esters is 1. The number of allylic oxidation sites excluding steroid dienone is 4. The van der Waals surface area contributed by atoms with Gasteiger partial charge in [0.15, 0.2) is 0 Å². The van der Waals surface area contributed by atoms with Gasteiger partial charge in [0.1, 0.15) is 0 Å². The molecule has 0 radical (unpaired) electrons. The molecule has 0 saturated heterocycles. The van der Waals surface area contributed by atoms with Crippen molar-refractivity contribution in [3.63, 3.8) is 0 Å². The lowest BCUT2D eigenvalue weighted by Gasteiger charge is -2.05. The second-order valence-corrected chi connectivity index (χ2v) is 15.0. The highest BCUT2D eigenvalue weighted by Crippen LogP contribution is 2.15. The standard InChI is InChI=1S/C46H88O2/c1-3-5-7-9-11-13-15-17-19-21-23-25-27-29-31-33-35-37-39-41-43-45-48-46(47)44-42-40-38-36-34-32-30-28-26-24-22-20-18-16-14-12-10-8-6-4-2/h25-28H,3-24,29-45H2,1-2H3/b27-25-,28-26-. The van der Waals surface area contributed by atoms with Gasteiger partial charge in [-0.3, -0.25) is 4.79 Å². The fourth-order valence-electron chi connectivity index (χ4n) is 6.72. The molecule has 0 rings (SSSR count). The summed E-state index contributed by atoms with van der Waals surface area (Å²) >= 11 is 0. The highest BCUT2D eigenvalue weighted by Gasteiger charge is 2.02. The molecule has 0 N–H and O–H groups in total. The summed E-state index contributed by atoms with van der Waals surface area (Å²) in [6.45, 7) is 5.21. The predicted molar refractivity (Wildman–Crippen MR) is 216 cm³/mol. The largest absolute Gasteiger partial charge is 0.466 e. The van der Waals surface area contributed by atoms with Crippen LogP contribution in [0.4, 0.5) is 0 Å². The zero-order chi connectivity index (χ0) is 34.7. The number of rotatable bonds is 41. The van der Waals surface area contributed by atoms with E-state index in [2.05, 4.69) is 38.2 Å². The highest BCUT2D eigenvalue weighted by atomic mass is 16.5. The SMILES string of the molecule is CCCCCCCCCCCC/C=C\CCCCCCCCCOC(=O)CCCCCCCC/C=C\CCCCCCCCCCCC. The van der Waals surface area contributed by atoms with Crippen molar-refractivity contribution in [3.8, 4) is 0 Å². The number of unbranched alkanes of at least 4 members (excludes halogenated alkanes) is 33. The molecule has 0 bridgehead atoms. The molecule has 48 heavy (non-hydrogen) atoms. The molecule has 284 valence electrons. The Bertz CT molecular complexity index is 650. The molecule has 0 aliphatic carbocycles. The van der Waals surface area contributed by atoms with Crippen LogP contribution in [0.1, 0.15) is 258 Å². The van der Waals surface area contributed by atoms with Crippen LogP contribution in [-0.4, -0.2) is 12.6 Å². The van der Waals surface area contributed by atoms with Crippen molar-refractivity contribution in [2.45, 2.75) is 258 Å². The number of ether oxygens (including phenoxy) is 1. The summed E-state index contributed by atoms with van der Waals surface area (Å²) < 4.78 is 5.47. The van der Waals surface area contributed by atoms with Crippen LogP contribution in [0, 0.1) is 0 Å². The van der Waals surface area contributed by atoms with E-state index in [1.54, 1.807) is 0 Å². The van der Waals surface area contributed by atoms with Gasteiger partial charge in [0, 0.05) is 6.42 Å². The van der Waals surface area contributed by atoms with E-state index in [0.717, 1.165) is 12.8 Å². The molecule has 0 unspecified atom stereocenters. The smallest absolute Gasteiger partial charge is 0.305 e. The minimum Gasteiger partial charge on any atom is -0.466 e. The lowest BCUT2D eigenvalue weighted by atomic mass is 10.1. The summed E-state index contributed by atoms with van der Waals surface area (Å²) in [7, 11) is 0. The third-order valence-electron chi connectivity index (χ3n) is 10.1. The first-order valence-corrected chi connectivity index (χ1v) is 22.3. The molecule has 0 aromatic heterocycles. The molecule has 0 saturated carbocycles. The van der Waals surface area contributed by atoms with Crippen molar-refractivity contribution in [2.24, 2.45) is 0 Å². The van der Waals surface area contributed by atoms with E-state index in [1.807, 2.05) is 0 Å². The zero-order valence-electron chi connectivity index (χ0n) is 33.2. The molecule has 2 nitrogen and oxygen atoms in total. The molecule has 0 spiro atoms. The second kappa shape index (κ2) is 44.0. The fourth-order valence-corrected chi connectivity index (χ4v) is 6.72. The molecule has 0 heterocycles. The van der Waals surface area contributed by atoms with Gasteiger partial charge in [0.05, 0.1) is 6.61 Å². The van der Waals surface area contributed by atoms with E-state index >= 15 is 0 Å². The summed E-state index contributed by atoms with van der Waals surface area (Å²) in [6.07, 6.45) is 60.0. The second-order valence-electron chi connectivity index (χ2n) is 15.0. The van der Waals surface area contributed by atoms with E-state index in [0.29, 0.717) is 13.0 Å². The summed E-state index contributed by atoms with van der Waals surface area (Å²) in [5.74, 6) is 0.0174. The lowest BCUT2D eigenvalue weighted by Crippen LogP contribution is -2.05. The third kappa shape index (κ3) is 43.0. The van der Waals surface area contributed by atoms with Gasteiger partial charge in [-0.2, -0.15) is 0 Å². The predicted octanol–water partition coefficient (Wildman–Crippen LogP) is 16.5. The van der Waals surface area contributed by atoms with Gasteiger partial charge in [-0.15, -0.1) is 0 Å². The number of carbonyl (C=O) groups is 1. The maximum Gasteiger partial charge on any atom is 0.305 e. The Morgan fingerprint density at radius 3 is 0.896 bits per heavy atom. The van der Waals surface area contributed by atoms with E-state index in [4.69, 9.17) is 4.74 Å². The molecule has 0 amide bonds. The normalized spacial score (nSPS) is 11.8. The molecular formula is C46H88O2. The molecule has 2 heteroatoms. The minimum absolute atomic E-state index is 0.0174. The summed E-state index contributed by atoms with van der Waals surface area (Å²) in [5.41, 5.74) is 0. The first-order chi connectivity index (χ1) is 23.8. The Hall–Kier alpha value is -1.05. The van der Waals surface area contributed by atoms with Crippen molar-refractivity contribution in [1.82, 2.24) is 0 Å². The first kappa shape index (κ1) is 47.0. The van der Waals surface area contributed by atoms with Crippen LogP contribution in [0.15, 0.2) is 24.3 Å². The van der Waals surface area contributed by atoms with Gasteiger partial charge in [0.2, 0.25) is 0 Å². The maximum atomic E-state index is 12.0. The molecule has 0 atom stereocenters. The van der Waals surface area contributed by atoms with Crippen molar-refractivity contribution >= 4 is 5.97 Å². The van der Waals surface area contributed by atoms with Crippen LogP contribution in [0.25, 0.3) is 0 Å². The van der Waals surface area contributed by atoms with E-state index in [1.165, 1.54) is 225 Å². The summed E-state index contributed by atoms with van der Waals surface area (Å²) in [5, 5.41) is 0. The minimum atomic E-state index is 0.0174. The number of carbonyl (C=O) groups excluding carboxylic acids is 1. The van der Waals surface area contributed by atoms with E-state index in [9.17, 15) is 4.79 Å². The summed E-state index contributed by atoms with van der Waals surface area (Å²) in [4.78, 5) is 12.0. The van der Waals surface area contributed by atoms with Crippen molar-refractivity contribution in [1.29, 1.82) is 0 Å². The average Bonchev–Trinajstić information content (AvgIpc) is 3.09. The molecule has 0 aliphatic heterocycles. The third-order valence-corrected chi connectivity index (χ3v) is 10.1. The Morgan fingerprint density at radius 1 is 0.333 bits per heavy atom. The Balaban J connectivity index is 3.22. The molecule has 0 aliphatic rings. The van der Waals surface area contributed by atoms with E-state index < -0.39 is 0 Å².